The van der Waals surface area contributed by atoms with Crippen molar-refractivity contribution >= 4 is 43.1 Å². The van der Waals surface area contributed by atoms with Crippen molar-refractivity contribution < 1.29 is 0 Å². The summed E-state index contributed by atoms with van der Waals surface area (Å²) in [5.41, 5.74) is 13.4. The lowest BCUT2D eigenvalue weighted by Crippen LogP contribution is -1.98. The fourth-order valence-electron chi connectivity index (χ4n) is 7.86. The van der Waals surface area contributed by atoms with Crippen LogP contribution in [0.25, 0.3) is 87.6 Å². The van der Waals surface area contributed by atoms with Crippen LogP contribution in [0.1, 0.15) is 11.1 Å². The molecule has 9 rings (SSSR count). The van der Waals surface area contributed by atoms with Gasteiger partial charge < -0.3 is 0 Å². The molecule has 0 unspecified atom stereocenters. The molecule has 8 aromatic carbocycles. The van der Waals surface area contributed by atoms with Crippen molar-refractivity contribution in [3.05, 3.63) is 145 Å². The molecule has 0 N–H and O–H groups in total. The minimum absolute atomic E-state index is 1.26. The molecule has 1 aliphatic carbocycles. The molecule has 0 aliphatic heterocycles. The maximum atomic E-state index is 2.44. The molecule has 0 saturated heterocycles. The van der Waals surface area contributed by atoms with Gasteiger partial charge in [0.2, 0.25) is 0 Å². The van der Waals surface area contributed by atoms with Crippen molar-refractivity contribution in [3.63, 3.8) is 0 Å². The van der Waals surface area contributed by atoms with Gasteiger partial charge in [0.05, 0.1) is 0 Å². The Hall–Kier alpha value is -5.20. The van der Waals surface area contributed by atoms with Crippen LogP contribution < -0.4 is 0 Å². The smallest absolute Gasteiger partial charge is 0.00197 e. The highest BCUT2D eigenvalue weighted by molar-refractivity contribution is 6.30. The Morgan fingerprint density at radius 2 is 0.810 bits per heavy atom. The summed E-state index contributed by atoms with van der Waals surface area (Å²) in [6.07, 6.45) is 0. The molecule has 42 heavy (non-hydrogen) atoms. The summed E-state index contributed by atoms with van der Waals surface area (Å²) < 4.78 is 0. The first kappa shape index (κ1) is 23.5. The fraction of sp³-hybridized carbons (Fsp3) is 0.0476. The van der Waals surface area contributed by atoms with E-state index in [0.717, 1.165) is 0 Å². The SMILES string of the molecule is Cc1c2c(c(C)c3c(-c4ccccc4)c4ccccc4c(-c4ccccc4)c13)-c1cc3ccccc3c3cccc-2c13. The Morgan fingerprint density at radius 1 is 0.333 bits per heavy atom. The molecule has 196 valence electrons. The summed E-state index contributed by atoms with van der Waals surface area (Å²) >= 11 is 0. The van der Waals surface area contributed by atoms with Crippen molar-refractivity contribution in [3.8, 4) is 44.5 Å². The molecule has 0 radical (unpaired) electrons. The van der Waals surface area contributed by atoms with E-state index in [0.29, 0.717) is 0 Å². The molecule has 0 bridgehead atoms. The predicted molar refractivity (Wildman–Crippen MR) is 181 cm³/mol. The molecule has 0 heterocycles. The Balaban J connectivity index is 1.57. The van der Waals surface area contributed by atoms with E-state index in [-0.39, 0.29) is 0 Å². The second kappa shape index (κ2) is 8.65. The molecular weight excluding hydrogens is 504 g/mol. The molecule has 0 fully saturated rings. The summed E-state index contributed by atoms with van der Waals surface area (Å²) in [5, 5.41) is 10.7. The molecule has 0 saturated carbocycles. The second-order valence-corrected chi connectivity index (χ2v) is 11.7. The Kier molecular flexibility index (Phi) is 4.84. The van der Waals surface area contributed by atoms with Gasteiger partial charge >= 0.3 is 0 Å². The minimum Gasteiger partial charge on any atom is -0.0622 e. The standard InChI is InChI=1S/C42H28/c1-25-36-34-23-13-22-31-30-19-10-9-18-29(30)24-35(42(31)34)37(36)26(2)39-38(25)40(27-14-5-3-6-15-27)32-20-11-12-21-33(32)41(39)28-16-7-4-8-17-28/h3-24H,1-2H3. The van der Waals surface area contributed by atoms with Gasteiger partial charge in [-0.2, -0.15) is 0 Å². The third-order valence-electron chi connectivity index (χ3n) is 9.51. The molecule has 0 aromatic heterocycles. The van der Waals surface area contributed by atoms with Crippen LogP contribution in [0.2, 0.25) is 0 Å². The van der Waals surface area contributed by atoms with E-state index in [4.69, 9.17) is 0 Å². The quantitative estimate of drug-likeness (QED) is 0.153. The van der Waals surface area contributed by atoms with Crippen molar-refractivity contribution in [1.29, 1.82) is 0 Å². The number of hydrogen-bond acceptors (Lipinski definition) is 0. The number of fused-ring (bicyclic) bond motifs is 7. The zero-order chi connectivity index (χ0) is 27.9. The number of benzene rings is 8. The largest absolute Gasteiger partial charge is 0.0622 e. The van der Waals surface area contributed by atoms with Crippen LogP contribution in [0.4, 0.5) is 0 Å². The van der Waals surface area contributed by atoms with E-state index in [9.17, 15) is 0 Å². The highest BCUT2D eigenvalue weighted by Crippen LogP contribution is 2.57. The zero-order valence-corrected chi connectivity index (χ0v) is 23.7. The first-order chi connectivity index (χ1) is 20.7. The summed E-state index contributed by atoms with van der Waals surface area (Å²) in [4.78, 5) is 0. The van der Waals surface area contributed by atoms with Crippen molar-refractivity contribution in [1.82, 2.24) is 0 Å². The molecule has 8 aromatic rings. The van der Waals surface area contributed by atoms with Gasteiger partial charge in [-0.1, -0.05) is 127 Å². The maximum Gasteiger partial charge on any atom is -0.00197 e. The molecule has 0 nitrogen and oxygen atoms in total. The zero-order valence-electron chi connectivity index (χ0n) is 23.7. The molecule has 0 atom stereocenters. The van der Waals surface area contributed by atoms with Crippen LogP contribution in [0, 0.1) is 13.8 Å². The Bertz CT molecular complexity index is 2390. The van der Waals surface area contributed by atoms with Crippen LogP contribution >= 0.6 is 0 Å². The highest BCUT2D eigenvalue weighted by Gasteiger charge is 2.30. The Labute approximate surface area is 245 Å². The van der Waals surface area contributed by atoms with Gasteiger partial charge in [0.25, 0.3) is 0 Å². The summed E-state index contributed by atoms with van der Waals surface area (Å²) in [6, 6.07) is 49.2. The molecular formula is C42H28. The van der Waals surface area contributed by atoms with Crippen LogP contribution in [-0.4, -0.2) is 0 Å². The van der Waals surface area contributed by atoms with E-state index in [1.165, 1.54) is 98.7 Å². The van der Waals surface area contributed by atoms with Gasteiger partial charge in [-0.15, -0.1) is 0 Å². The summed E-state index contributed by atoms with van der Waals surface area (Å²) in [7, 11) is 0. The number of rotatable bonds is 2. The first-order valence-corrected chi connectivity index (χ1v) is 14.8. The molecule has 1 aliphatic rings. The summed E-state index contributed by atoms with van der Waals surface area (Å²) in [5.74, 6) is 0. The van der Waals surface area contributed by atoms with E-state index >= 15 is 0 Å². The van der Waals surface area contributed by atoms with Gasteiger partial charge in [-0.3, -0.25) is 0 Å². The highest BCUT2D eigenvalue weighted by atomic mass is 14.3. The third-order valence-corrected chi connectivity index (χ3v) is 9.51. The first-order valence-electron chi connectivity index (χ1n) is 14.8. The minimum atomic E-state index is 1.26. The van der Waals surface area contributed by atoms with E-state index in [1.807, 2.05) is 0 Å². The molecule has 0 spiro atoms. The topological polar surface area (TPSA) is 0 Å². The van der Waals surface area contributed by atoms with Gasteiger partial charge in [0, 0.05) is 0 Å². The van der Waals surface area contributed by atoms with Gasteiger partial charge in [-0.05, 0) is 119 Å². The van der Waals surface area contributed by atoms with E-state index in [1.54, 1.807) is 0 Å². The monoisotopic (exact) mass is 532 g/mol. The normalized spacial score (nSPS) is 12.0. The van der Waals surface area contributed by atoms with Crippen molar-refractivity contribution in [2.45, 2.75) is 13.8 Å². The Morgan fingerprint density at radius 3 is 1.40 bits per heavy atom. The van der Waals surface area contributed by atoms with E-state index < -0.39 is 0 Å². The second-order valence-electron chi connectivity index (χ2n) is 11.7. The van der Waals surface area contributed by atoms with Gasteiger partial charge in [0.1, 0.15) is 0 Å². The van der Waals surface area contributed by atoms with Gasteiger partial charge in [-0.25, -0.2) is 0 Å². The molecule has 0 heteroatoms. The van der Waals surface area contributed by atoms with Crippen molar-refractivity contribution in [2.24, 2.45) is 0 Å². The maximum absolute atomic E-state index is 2.44. The van der Waals surface area contributed by atoms with Crippen LogP contribution in [0.5, 0.6) is 0 Å². The predicted octanol–water partition coefficient (Wildman–Crippen LogP) is 11.9. The van der Waals surface area contributed by atoms with Crippen LogP contribution in [0.3, 0.4) is 0 Å². The van der Waals surface area contributed by atoms with Gasteiger partial charge in [0.15, 0.2) is 0 Å². The molecule has 0 amide bonds. The lowest BCUT2D eigenvalue weighted by Gasteiger charge is -2.24. The van der Waals surface area contributed by atoms with Crippen LogP contribution in [0.15, 0.2) is 133 Å². The average molecular weight is 533 g/mol. The van der Waals surface area contributed by atoms with Crippen LogP contribution in [-0.2, 0) is 0 Å². The van der Waals surface area contributed by atoms with Crippen molar-refractivity contribution in [2.75, 3.05) is 0 Å². The fourth-order valence-corrected chi connectivity index (χ4v) is 7.86. The average Bonchev–Trinajstić information content (AvgIpc) is 3.39. The summed E-state index contributed by atoms with van der Waals surface area (Å²) in [6.45, 7) is 4.73. The van der Waals surface area contributed by atoms with E-state index in [2.05, 4.69) is 147 Å². The lowest BCUT2D eigenvalue weighted by molar-refractivity contribution is 1.47. The third kappa shape index (κ3) is 3.02. The number of hydrogen-bond donors (Lipinski definition) is 0. The lowest BCUT2D eigenvalue weighted by atomic mass is 9.79. The number of aryl methyl sites for hydroxylation is 2.